The van der Waals surface area contributed by atoms with Gasteiger partial charge >= 0.3 is 11.9 Å². The van der Waals surface area contributed by atoms with E-state index in [2.05, 4.69) is 10.1 Å². The van der Waals surface area contributed by atoms with E-state index in [1.807, 2.05) is 0 Å². The Kier molecular flexibility index (Phi) is 4.91. The average molecular weight is 423 g/mol. The second-order valence-corrected chi connectivity index (χ2v) is 9.51. The number of hydrogen-bond acceptors (Lipinski definition) is 9. The molecule has 29 heavy (non-hydrogen) atoms. The van der Waals surface area contributed by atoms with Crippen LogP contribution in [0.2, 0.25) is 0 Å². The number of ether oxygens (including phenoxy) is 1. The number of carbonyl (C=O) groups excluding carboxylic acids is 2. The number of nitrogens with zero attached hydrogens (tertiary/aromatic N) is 3. The molecule has 3 heterocycles. The molecule has 11 nitrogen and oxygen atoms in total. The first-order valence-corrected chi connectivity index (χ1v) is 9.88. The molecule has 1 aromatic heterocycles. The minimum atomic E-state index is -4.01. The summed E-state index contributed by atoms with van der Waals surface area (Å²) in [6, 6.07) is 1.15. The number of carboxylic acids is 1. The van der Waals surface area contributed by atoms with Crippen LogP contribution in [0.1, 0.15) is 29.9 Å². The number of oxime groups is 1. The smallest absolute Gasteiger partial charge is 0.338 e. The number of carboxylic acid groups (broad SMARTS) is 1. The van der Waals surface area contributed by atoms with Crippen LogP contribution in [-0.4, -0.2) is 75.4 Å². The van der Waals surface area contributed by atoms with Gasteiger partial charge in [-0.3, -0.25) is 9.78 Å². The van der Waals surface area contributed by atoms with Crippen molar-refractivity contribution >= 4 is 40.0 Å². The predicted octanol–water partition coefficient (Wildman–Crippen LogP) is -0.0897. The van der Waals surface area contributed by atoms with E-state index in [1.54, 1.807) is 0 Å². The maximum absolute atomic E-state index is 12.8. The first-order valence-electron chi connectivity index (χ1n) is 8.33. The lowest BCUT2D eigenvalue weighted by Gasteiger charge is -2.37. The van der Waals surface area contributed by atoms with Crippen molar-refractivity contribution in [1.82, 2.24) is 9.88 Å². The van der Waals surface area contributed by atoms with E-state index in [0.717, 1.165) is 11.1 Å². The maximum Gasteiger partial charge on any atom is 0.338 e. The van der Waals surface area contributed by atoms with Crippen molar-refractivity contribution in [3.05, 3.63) is 35.2 Å². The molecule has 0 spiro atoms. The van der Waals surface area contributed by atoms with Gasteiger partial charge in [0.2, 0.25) is 0 Å². The second-order valence-electron chi connectivity index (χ2n) is 6.92. The Balaban J connectivity index is 1.93. The average Bonchev–Trinajstić information content (AvgIpc) is 2.80. The van der Waals surface area contributed by atoms with Crippen molar-refractivity contribution < 1.29 is 37.9 Å². The molecular formula is C17H17N3O8S. The Bertz CT molecular complexity index is 1060. The Hall–Kier alpha value is -3.28. The van der Waals surface area contributed by atoms with Gasteiger partial charge in [0.15, 0.2) is 21.3 Å². The van der Waals surface area contributed by atoms with Crippen LogP contribution in [-0.2, 0) is 24.2 Å². The molecule has 0 saturated carbocycles. The first-order chi connectivity index (χ1) is 13.5. The van der Waals surface area contributed by atoms with Crippen molar-refractivity contribution in [1.29, 1.82) is 0 Å². The van der Waals surface area contributed by atoms with Crippen LogP contribution >= 0.6 is 0 Å². The van der Waals surface area contributed by atoms with Crippen molar-refractivity contribution in [3.63, 3.8) is 0 Å². The minimum absolute atomic E-state index is 0.0832. The number of β-lactam (4-membered cyclic amide) rings is 1. The number of aliphatic carboxylic acids is 1. The van der Waals surface area contributed by atoms with E-state index in [4.69, 9.17) is 9.94 Å². The molecule has 2 fully saturated rings. The molecule has 0 aromatic carbocycles. The van der Waals surface area contributed by atoms with E-state index in [1.165, 1.54) is 38.3 Å². The number of pyridine rings is 1. The second kappa shape index (κ2) is 6.95. The van der Waals surface area contributed by atoms with E-state index < -0.39 is 43.8 Å². The lowest BCUT2D eigenvalue weighted by Crippen LogP contribution is -2.58. The van der Waals surface area contributed by atoms with E-state index >= 15 is 0 Å². The van der Waals surface area contributed by atoms with Gasteiger partial charge in [-0.15, -0.1) is 0 Å². The highest BCUT2D eigenvalue weighted by atomic mass is 32.2. The van der Waals surface area contributed by atoms with E-state index in [9.17, 15) is 27.9 Å². The highest BCUT2D eigenvalue weighted by Gasteiger charge is 2.70. The summed E-state index contributed by atoms with van der Waals surface area (Å²) in [5, 5.41) is 19.0. The Morgan fingerprint density at radius 1 is 1.41 bits per heavy atom. The van der Waals surface area contributed by atoms with Gasteiger partial charge in [0.1, 0.15) is 11.4 Å². The fraction of sp³-hybridized carbons (Fsp3) is 0.353. The Labute approximate surface area is 165 Å². The summed E-state index contributed by atoms with van der Waals surface area (Å²) in [7, 11) is -4.01. The van der Waals surface area contributed by atoms with Crippen LogP contribution < -0.4 is 0 Å². The summed E-state index contributed by atoms with van der Waals surface area (Å²) >= 11 is 0. The zero-order chi connectivity index (χ0) is 21.6. The van der Waals surface area contributed by atoms with Crippen LogP contribution in [0.4, 0.5) is 0 Å². The topological polar surface area (TPSA) is 164 Å². The van der Waals surface area contributed by atoms with Crippen molar-refractivity contribution in [2.75, 3.05) is 6.61 Å². The summed E-state index contributed by atoms with van der Waals surface area (Å²) in [4.78, 5) is 40.9. The molecular weight excluding hydrogens is 406 g/mol. The third kappa shape index (κ3) is 3.05. The third-order valence-corrected chi connectivity index (χ3v) is 7.65. The normalized spacial score (nSPS) is 25.7. The molecule has 2 N–H and O–H groups in total. The lowest BCUT2D eigenvalue weighted by atomic mass is 9.95. The van der Waals surface area contributed by atoms with Crippen LogP contribution in [0.15, 0.2) is 29.1 Å². The zero-order valence-corrected chi connectivity index (χ0v) is 16.2. The molecule has 1 amide bonds. The summed E-state index contributed by atoms with van der Waals surface area (Å²) in [5.41, 5.74) is 0.0946. The highest BCUT2D eigenvalue weighted by molar-refractivity contribution is 7.94. The van der Waals surface area contributed by atoms with Crippen LogP contribution in [0.25, 0.3) is 6.08 Å². The monoisotopic (exact) mass is 423 g/mol. The summed E-state index contributed by atoms with van der Waals surface area (Å²) < 4.78 is 28.8. The Morgan fingerprint density at radius 2 is 2.10 bits per heavy atom. The van der Waals surface area contributed by atoms with Gasteiger partial charge in [-0.1, -0.05) is 5.16 Å². The number of hydrogen-bond donors (Lipinski definition) is 2. The standard InChI is InChI=1S/C17H17N3O8S/c1-17(2)12(15(22)23)20-13(21)11(14(20)29(17,26)27)8-10-7-9(3-4-18-10)16(24)28-6-5-19-25/h3-5,7-8,12,14,25H,6H2,1-2H3,(H,22,23)/b11-8-,19-5+/t12-,14+/m0/s1. The molecule has 1 aromatic rings. The molecule has 3 rings (SSSR count). The maximum atomic E-state index is 12.8. The van der Waals surface area contributed by atoms with Crippen molar-refractivity contribution in [3.8, 4) is 0 Å². The van der Waals surface area contributed by atoms with Gasteiger partial charge in [-0.2, -0.15) is 0 Å². The molecule has 12 heteroatoms. The lowest BCUT2D eigenvalue weighted by molar-refractivity contribution is -0.152. The summed E-state index contributed by atoms with van der Waals surface area (Å²) in [6.07, 6.45) is 3.46. The van der Waals surface area contributed by atoms with Gasteiger partial charge in [-0.05, 0) is 32.1 Å². The number of aromatic nitrogens is 1. The predicted molar refractivity (Wildman–Crippen MR) is 97.8 cm³/mol. The van der Waals surface area contributed by atoms with Crippen LogP contribution in [0, 0.1) is 0 Å². The fourth-order valence-corrected chi connectivity index (χ4v) is 5.51. The minimum Gasteiger partial charge on any atom is -0.480 e. The van der Waals surface area contributed by atoms with E-state index in [-0.39, 0.29) is 23.4 Å². The SMILES string of the molecule is CC1(C)[C@H](C(=O)O)N2C(=O)/C(=C/c3cc(C(=O)OC/C=N/O)ccn3)[C@H]2S1(=O)=O. The number of amides is 1. The summed E-state index contributed by atoms with van der Waals surface area (Å²) in [5.74, 6) is -2.86. The molecule has 0 radical (unpaired) electrons. The van der Waals surface area contributed by atoms with Gasteiger partial charge in [0.05, 0.1) is 23.0 Å². The number of carbonyl (C=O) groups is 3. The molecule has 0 unspecified atom stereocenters. The third-order valence-electron chi connectivity index (χ3n) is 4.89. The number of rotatable bonds is 5. The molecule has 2 saturated heterocycles. The van der Waals surface area contributed by atoms with Crippen LogP contribution in [0.5, 0.6) is 0 Å². The molecule has 2 aliphatic rings. The van der Waals surface area contributed by atoms with Crippen LogP contribution in [0.3, 0.4) is 0 Å². The number of esters is 1. The molecule has 0 bridgehead atoms. The fourth-order valence-electron chi connectivity index (χ4n) is 3.39. The first kappa shape index (κ1) is 20.5. The molecule has 2 atom stereocenters. The number of fused-ring (bicyclic) bond motifs is 1. The van der Waals surface area contributed by atoms with E-state index in [0.29, 0.717) is 0 Å². The van der Waals surface area contributed by atoms with Gasteiger partial charge in [0, 0.05) is 6.20 Å². The Morgan fingerprint density at radius 3 is 2.72 bits per heavy atom. The van der Waals surface area contributed by atoms with Gasteiger partial charge in [0.25, 0.3) is 5.91 Å². The summed E-state index contributed by atoms with van der Waals surface area (Å²) in [6.45, 7) is 2.29. The molecule has 0 aliphatic carbocycles. The highest BCUT2D eigenvalue weighted by Crippen LogP contribution is 2.48. The largest absolute Gasteiger partial charge is 0.480 e. The molecule has 2 aliphatic heterocycles. The van der Waals surface area contributed by atoms with Gasteiger partial charge < -0.3 is 20.0 Å². The number of sulfone groups is 1. The zero-order valence-electron chi connectivity index (χ0n) is 15.3. The molecule has 154 valence electrons. The van der Waals surface area contributed by atoms with Crippen molar-refractivity contribution in [2.24, 2.45) is 5.16 Å². The quantitative estimate of drug-likeness (QED) is 0.164. The van der Waals surface area contributed by atoms with Gasteiger partial charge in [-0.25, -0.2) is 18.0 Å². The van der Waals surface area contributed by atoms with Crippen molar-refractivity contribution in [2.45, 2.75) is 30.0 Å².